The van der Waals surface area contributed by atoms with Crippen molar-refractivity contribution in [2.24, 2.45) is 0 Å². The van der Waals surface area contributed by atoms with Crippen molar-refractivity contribution in [3.8, 4) is 11.5 Å². The molecule has 27 heavy (non-hydrogen) atoms. The number of nitrogens with one attached hydrogen (secondary N) is 1. The number of nitrogens with zero attached hydrogens (tertiary/aromatic N) is 3. The van der Waals surface area contributed by atoms with Gasteiger partial charge in [-0.25, -0.2) is 5.06 Å². The minimum atomic E-state index is -0.227. The third-order valence-electron chi connectivity index (χ3n) is 4.27. The van der Waals surface area contributed by atoms with Crippen molar-refractivity contribution in [1.29, 1.82) is 0 Å². The van der Waals surface area contributed by atoms with E-state index in [1.165, 1.54) is 0 Å². The molecule has 0 bridgehead atoms. The molecule has 0 unspecified atom stereocenters. The molecule has 1 aromatic carbocycles. The molecule has 2 aromatic rings. The number of rotatable bonds is 10. The van der Waals surface area contributed by atoms with E-state index in [0.717, 1.165) is 31.4 Å². The minimum absolute atomic E-state index is 0.110. The number of amides is 1. The smallest absolute Gasteiger partial charge is 0.320 e. The molecule has 9 heteroatoms. The Labute approximate surface area is 157 Å². The van der Waals surface area contributed by atoms with Crippen LogP contribution in [0.4, 0.5) is 11.7 Å². The average molecular weight is 376 g/mol. The van der Waals surface area contributed by atoms with Crippen LogP contribution in [-0.4, -0.2) is 46.6 Å². The van der Waals surface area contributed by atoms with Crippen molar-refractivity contribution in [2.75, 3.05) is 25.1 Å². The van der Waals surface area contributed by atoms with Gasteiger partial charge in [-0.15, -0.1) is 5.10 Å². The van der Waals surface area contributed by atoms with Gasteiger partial charge in [0, 0.05) is 11.8 Å². The zero-order valence-corrected chi connectivity index (χ0v) is 15.3. The first kappa shape index (κ1) is 19.0. The van der Waals surface area contributed by atoms with Crippen LogP contribution >= 0.6 is 0 Å². The normalized spacial score (nSPS) is 13.9. The maximum atomic E-state index is 10.7. The standard InChI is InChI=1S/C18H24N4O5/c1-2-3-4-5-13(11-22(24)12-23)17-20-21-18(27-17)19-14-6-7-15-16(10-14)26-9-8-25-15/h6-7,10,12-13,24H,2-5,8-9,11H2,1H3,(H,19,21)/t13-/m1/s1. The van der Waals surface area contributed by atoms with Crippen molar-refractivity contribution in [1.82, 2.24) is 15.3 Å². The highest BCUT2D eigenvalue weighted by Crippen LogP contribution is 2.33. The van der Waals surface area contributed by atoms with E-state index in [1.807, 2.05) is 12.1 Å². The molecule has 146 valence electrons. The number of fused-ring (bicyclic) bond motifs is 1. The number of carbonyl (C=O) groups excluding carboxylic acids is 1. The summed E-state index contributed by atoms with van der Waals surface area (Å²) in [6.07, 6.45) is 4.19. The number of aromatic nitrogens is 2. The Morgan fingerprint density at radius 1 is 1.26 bits per heavy atom. The molecule has 1 aromatic heterocycles. The van der Waals surface area contributed by atoms with E-state index in [-0.39, 0.29) is 18.5 Å². The Bertz CT molecular complexity index is 751. The summed E-state index contributed by atoms with van der Waals surface area (Å²) in [6, 6.07) is 5.68. The molecule has 9 nitrogen and oxygen atoms in total. The molecular weight excluding hydrogens is 352 g/mol. The second-order valence-electron chi connectivity index (χ2n) is 6.35. The zero-order valence-electron chi connectivity index (χ0n) is 15.3. The summed E-state index contributed by atoms with van der Waals surface area (Å²) in [4.78, 5) is 10.7. The fourth-order valence-corrected chi connectivity index (χ4v) is 2.90. The van der Waals surface area contributed by atoms with Gasteiger partial charge in [0.25, 0.3) is 0 Å². The molecule has 3 rings (SSSR count). The number of hydrogen-bond acceptors (Lipinski definition) is 8. The van der Waals surface area contributed by atoms with Crippen LogP contribution in [0.5, 0.6) is 11.5 Å². The molecule has 0 aliphatic carbocycles. The number of ether oxygens (including phenoxy) is 2. The summed E-state index contributed by atoms with van der Waals surface area (Å²) in [7, 11) is 0. The lowest BCUT2D eigenvalue weighted by Crippen LogP contribution is -2.24. The van der Waals surface area contributed by atoms with Gasteiger partial charge in [-0.1, -0.05) is 31.3 Å². The predicted octanol–water partition coefficient (Wildman–Crippen LogP) is 3.10. The molecule has 0 fully saturated rings. The van der Waals surface area contributed by atoms with Gasteiger partial charge in [0.2, 0.25) is 12.3 Å². The Hall–Kier alpha value is -2.81. The molecule has 0 radical (unpaired) electrons. The largest absolute Gasteiger partial charge is 0.486 e. The molecule has 0 saturated heterocycles. The van der Waals surface area contributed by atoms with Crippen LogP contribution < -0.4 is 14.8 Å². The Kier molecular flexibility index (Phi) is 6.48. The van der Waals surface area contributed by atoms with Gasteiger partial charge in [-0.05, 0) is 18.6 Å². The van der Waals surface area contributed by atoms with Gasteiger partial charge in [-0.3, -0.25) is 10.0 Å². The van der Waals surface area contributed by atoms with E-state index >= 15 is 0 Å². The van der Waals surface area contributed by atoms with Crippen LogP contribution in [0.15, 0.2) is 22.6 Å². The van der Waals surface area contributed by atoms with Crippen molar-refractivity contribution in [2.45, 2.75) is 38.5 Å². The van der Waals surface area contributed by atoms with E-state index < -0.39 is 0 Å². The molecule has 1 atom stereocenters. The van der Waals surface area contributed by atoms with Gasteiger partial charge < -0.3 is 19.2 Å². The molecule has 1 aliphatic heterocycles. The lowest BCUT2D eigenvalue weighted by atomic mass is 10.0. The highest BCUT2D eigenvalue weighted by Gasteiger charge is 2.21. The monoisotopic (exact) mass is 376 g/mol. The molecule has 1 aliphatic rings. The summed E-state index contributed by atoms with van der Waals surface area (Å²) < 4.78 is 16.8. The molecular formula is C18H24N4O5. The van der Waals surface area contributed by atoms with Crippen molar-refractivity contribution in [3.05, 3.63) is 24.1 Å². The van der Waals surface area contributed by atoms with E-state index in [2.05, 4.69) is 22.4 Å². The number of anilines is 2. The molecule has 2 N–H and O–H groups in total. The summed E-state index contributed by atoms with van der Waals surface area (Å²) in [5.41, 5.74) is 0.730. The first-order chi connectivity index (χ1) is 13.2. The first-order valence-electron chi connectivity index (χ1n) is 9.10. The van der Waals surface area contributed by atoms with Crippen molar-refractivity contribution >= 4 is 18.1 Å². The number of carbonyl (C=O) groups is 1. The van der Waals surface area contributed by atoms with Crippen LogP contribution in [0.2, 0.25) is 0 Å². The Balaban J connectivity index is 1.68. The van der Waals surface area contributed by atoms with Gasteiger partial charge in [0.1, 0.15) is 13.2 Å². The lowest BCUT2D eigenvalue weighted by molar-refractivity contribution is -0.151. The van der Waals surface area contributed by atoms with Crippen LogP contribution in [0.1, 0.15) is 44.4 Å². The van der Waals surface area contributed by atoms with Crippen LogP contribution in [0, 0.1) is 0 Å². The Morgan fingerprint density at radius 2 is 2.07 bits per heavy atom. The SMILES string of the molecule is CCCCC[C@H](CN(O)C=O)c1nnc(Nc2ccc3c(c2)OCCO3)o1. The minimum Gasteiger partial charge on any atom is -0.486 e. The van der Waals surface area contributed by atoms with E-state index in [0.29, 0.717) is 42.1 Å². The number of hydrogen-bond donors (Lipinski definition) is 2. The third-order valence-corrected chi connectivity index (χ3v) is 4.27. The maximum Gasteiger partial charge on any atom is 0.320 e. The topological polar surface area (TPSA) is 110 Å². The average Bonchev–Trinajstić information content (AvgIpc) is 3.15. The van der Waals surface area contributed by atoms with Gasteiger partial charge in [-0.2, -0.15) is 0 Å². The van der Waals surface area contributed by atoms with Crippen LogP contribution in [-0.2, 0) is 4.79 Å². The van der Waals surface area contributed by atoms with Gasteiger partial charge in [0.05, 0.1) is 12.5 Å². The van der Waals surface area contributed by atoms with Crippen LogP contribution in [0.25, 0.3) is 0 Å². The third kappa shape index (κ3) is 5.10. The fourth-order valence-electron chi connectivity index (χ4n) is 2.90. The summed E-state index contributed by atoms with van der Waals surface area (Å²) in [5, 5.41) is 21.3. The van der Waals surface area contributed by atoms with E-state index in [1.54, 1.807) is 6.07 Å². The highest BCUT2D eigenvalue weighted by molar-refractivity contribution is 5.59. The predicted molar refractivity (Wildman–Crippen MR) is 96.5 cm³/mol. The highest BCUT2D eigenvalue weighted by atomic mass is 16.6. The zero-order chi connectivity index (χ0) is 19.1. The molecule has 2 heterocycles. The maximum absolute atomic E-state index is 10.7. The fraction of sp³-hybridized carbons (Fsp3) is 0.500. The van der Waals surface area contributed by atoms with Crippen LogP contribution in [0.3, 0.4) is 0 Å². The number of benzene rings is 1. The Morgan fingerprint density at radius 3 is 2.85 bits per heavy atom. The molecule has 0 spiro atoms. The van der Waals surface area contributed by atoms with Crippen molar-refractivity contribution < 1.29 is 23.9 Å². The summed E-state index contributed by atoms with van der Waals surface area (Å²) in [5.74, 6) is 1.51. The molecule has 1 amide bonds. The number of hydroxylamine groups is 2. The quantitative estimate of drug-likeness (QED) is 0.282. The van der Waals surface area contributed by atoms with Crippen molar-refractivity contribution in [3.63, 3.8) is 0 Å². The van der Waals surface area contributed by atoms with E-state index in [4.69, 9.17) is 13.9 Å². The molecule has 0 saturated carbocycles. The second kappa shape index (κ2) is 9.22. The summed E-state index contributed by atoms with van der Waals surface area (Å²) in [6.45, 7) is 3.27. The number of unbranched alkanes of at least 4 members (excludes halogenated alkanes) is 2. The first-order valence-corrected chi connectivity index (χ1v) is 9.10. The lowest BCUT2D eigenvalue weighted by Gasteiger charge is -2.18. The van der Waals surface area contributed by atoms with Gasteiger partial charge >= 0.3 is 6.01 Å². The van der Waals surface area contributed by atoms with Gasteiger partial charge in [0.15, 0.2) is 11.5 Å². The second-order valence-corrected chi connectivity index (χ2v) is 6.35. The summed E-state index contributed by atoms with van der Waals surface area (Å²) >= 11 is 0. The van der Waals surface area contributed by atoms with E-state index in [9.17, 15) is 10.0 Å².